The topological polar surface area (TPSA) is 51.0 Å². The van der Waals surface area contributed by atoms with Gasteiger partial charge in [-0.15, -0.1) is 0 Å². The molecule has 0 saturated carbocycles. The molecule has 0 fully saturated rings. The highest BCUT2D eigenvalue weighted by molar-refractivity contribution is 4.83. The van der Waals surface area contributed by atoms with Gasteiger partial charge in [-0.3, -0.25) is 0 Å². The van der Waals surface area contributed by atoms with E-state index in [-0.39, 0.29) is 0 Å². The third kappa shape index (κ3) is 3.87. The lowest BCUT2D eigenvalue weighted by Crippen LogP contribution is -2.27. The fourth-order valence-electron chi connectivity index (χ4n) is 1.47. The number of aromatic nitrogens is 2. The van der Waals surface area contributed by atoms with Gasteiger partial charge in [-0.2, -0.15) is 4.98 Å². The molecule has 1 aromatic rings. The van der Waals surface area contributed by atoms with Crippen LogP contribution >= 0.6 is 0 Å². The van der Waals surface area contributed by atoms with Gasteiger partial charge in [0, 0.05) is 13.0 Å². The fraction of sp³-hybridized carbons (Fsp3) is 0.800. The maximum absolute atomic E-state index is 4.88. The quantitative estimate of drug-likeness (QED) is 0.783. The summed E-state index contributed by atoms with van der Waals surface area (Å²) in [5.74, 6) is 2.07. The van der Waals surface area contributed by atoms with E-state index in [2.05, 4.69) is 36.2 Å². The van der Waals surface area contributed by atoms with E-state index >= 15 is 0 Å². The Labute approximate surface area is 85.1 Å². The Bertz CT molecular complexity index is 270. The van der Waals surface area contributed by atoms with Crippen LogP contribution in [0.15, 0.2) is 4.52 Å². The van der Waals surface area contributed by atoms with Gasteiger partial charge in [0.15, 0.2) is 5.82 Å². The maximum atomic E-state index is 4.88. The lowest BCUT2D eigenvalue weighted by atomic mass is 10.1. The van der Waals surface area contributed by atoms with E-state index in [1.54, 1.807) is 6.92 Å². The number of nitrogens with zero attached hydrogens (tertiary/aromatic N) is 2. The predicted octanol–water partition coefficient (Wildman–Crippen LogP) is 1.90. The van der Waals surface area contributed by atoms with Gasteiger partial charge in [0.05, 0.1) is 6.54 Å². The first-order chi connectivity index (χ1) is 6.58. The molecule has 1 heterocycles. The van der Waals surface area contributed by atoms with E-state index in [0.29, 0.717) is 24.4 Å². The van der Waals surface area contributed by atoms with Crippen LogP contribution in [0.1, 0.15) is 38.9 Å². The number of rotatable bonds is 5. The van der Waals surface area contributed by atoms with Crippen LogP contribution in [0.4, 0.5) is 0 Å². The first-order valence-electron chi connectivity index (χ1n) is 5.10. The molecule has 0 spiro atoms. The molecule has 4 nitrogen and oxygen atoms in total. The molecule has 14 heavy (non-hydrogen) atoms. The van der Waals surface area contributed by atoms with Gasteiger partial charge in [0.25, 0.3) is 0 Å². The maximum Gasteiger partial charge on any atom is 0.223 e. The lowest BCUT2D eigenvalue weighted by molar-refractivity contribution is 0.380. The van der Waals surface area contributed by atoms with E-state index in [1.807, 2.05) is 0 Å². The SMILES string of the molecule is Cc1nc(CN[C@@H](C)CC(C)C)no1. The number of aryl methyl sites for hydroxylation is 1. The van der Waals surface area contributed by atoms with E-state index in [1.165, 1.54) is 0 Å². The summed E-state index contributed by atoms with van der Waals surface area (Å²) in [6, 6.07) is 0.494. The van der Waals surface area contributed by atoms with Gasteiger partial charge in [-0.1, -0.05) is 19.0 Å². The molecule has 1 atom stereocenters. The molecule has 0 radical (unpaired) electrons. The van der Waals surface area contributed by atoms with Crippen LogP contribution in [0.25, 0.3) is 0 Å². The average molecular weight is 197 g/mol. The van der Waals surface area contributed by atoms with Crippen molar-refractivity contribution in [2.24, 2.45) is 5.92 Å². The summed E-state index contributed by atoms with van der Waals surface area (Å²) in [5, 5.41) is 7.18. The van der Waals surface area contributed by atoms with Gasteiger partial charge >= 0.3 is 0 Å². The second kappa shape index (κ2) is 5.10. The smallest absolute Gasteiger partial charge is 0.223 e. The largest absolute Gasteiger partial charge is 0.340 e. The number of hydrogen-bond donors (Lipinski definition) is 1. The van der Waals surface area contributed by atoms with Crippen LogP contribution in [0, 0.1) is 12.8 Å². The highest BCUT2D eigenvalue weighted by Gasteiger charge is 2.06. The van der Waals surface area contributed by atoms with Crippen LogP contribution in [0.5, 0.6) is 0 Å². The van der Waals surface area contributed by atoms with Crippen molar-refractivity contribution in [2.45, 2.75) is 46.7 Å². The van der Waals surface area contributed by atoms with Crippen molar-refractivity contribution in [3.8, 4) is 0 Å². The van der Waals surface area contributed by atoms with Crippen molar-refractivity contribution < 1.29 is 4.52 Å². The molecule has 1 N–H and O–H groups in total. The average Bonchev–Trinajstić information content (AvgIpc) is 2.47. The van der Waals surface area contributed by atoms with Gasteiger partial charge in [-0.05, 0) is 19.3 Å². The summed E-state index contributed by atoms with van der Waals surface area (Å²) >= 11 is 0. The summed E-state index contributed by atoms with van der Waals surface area (Å²) < 4.78 is 4.88. The van der Waals surface area contributed by atoms with Gasteiger partial charge in [-0.25, -0.2) is 0 Å². The van der Waals surface area contributed by atoms with Gasteiger partial charge in [0.1, 0.15) is 0 Å². The summed E-state index contributed by atoms with van der Waals surface area (Å²) in [7, 11) is 0. The minimum Gasteiger partial charge on any atom is -0.340 e. The Morgan fingerprint density at radius 3 is 2.57 bits per heavy atom. The minimum absolute atomic E-state index is 0.494. The number of nitrogens with one attached hydrogen (secondary N) is 1. The summed E-state index contributed by atoms with van der Waals surface area (Å²) in [6.45, 7) is 9.10. The second-order valence-electron chi connectivity index (χ2n) is 4.14. The standard InChI is InChI=1S/C10H19N3O/c1-7(2)5-8(3)11-6-10-12-9(4)14-13-10/h7-8,11H,5-6H2,1-4H3/t8-/m0/s1. The first-order valence-corrected chi connectivity index (χ1v) is 5.10. The second-order valence-corrected chi connectivity index (χ2v) is 4.14. The van der Waals surface area contributed by atoms with Crippen molar-refractivity contribution >= 4 is 0 Å². The van der Waals surface area contributed by atoms with Crippen LogP contribution in [0.2, 0.25) is 0 Å². The Balaban J connectivity index is 2.26. The van der Waals surface area contributed by atoms with Crippen molar-refractivity contribution in [3.05, 3.63) is 11.7 Å². The molecule has 0 aromatic carbocycles. The molecule has 0 bridgehead atoms. The van der Waals surface area contributed by atoms with E-state index < -0.39 is 0 Å². The van der Waals surface area contributed by atoms with Crippen molar-refractivity contribution in [3.63, 3.8) is 0 Å². The highest BCUT2D eigenvalue weighted by Crippen LogP contribution is 2.04. The Morgan fingerprint density at radius 1 is 1.36 bits per heavy atom. The van der Waals surface area contributed by atoms with E-state index in [9.17, 15) is 0 Å². The monoisotopic (exact) mass is 197 g/mol. The van der Waals surface area contributed by atoms with Gasteiger partial charge < -0.3 is 9.84 Å². The van der Waals surface area contributed by atoms with E-state index in [4.69, 9.17) is 4.52 Å². The molecule has 0 aliphatic rings. The molecule has 0 amide bonds. The fourth-order valence-corrected chi connectivity index (χ4v) is 1.47. The molecule has 1 aromatic heterocycles. The van der Waals surface area contributed by atoms with Crippen LogP contribution in [-0.4, -0.2) is 16.2 Å². The van der Waals surface area contributed by atoms with Crippen LogP contribution in [0.3, 0.4) is 0 Å². The zero-order chi connectivity index (χ0) is 10.6. The lowest BCUT2D eigenvalue weighted by Gasteiger charge is -2.14. The van der Waals surface area contributed by atoms with Gasteiger partial charge in [0.2, 0.25) is 5.89 Å². The van der Waals surface area contributed by atoms with Crippen LogP contribution < -0.4 is 5.32 Å². The van der Waals surface area contributed by atoms with E-state index in [0.717, 1.165) is 12.2 Å². The molecular formula is C10H19N3O. The zero-order valence-corrected chi connectivity index (χ0v) is 9.37. The third-order valence-electron chi connectivity index (χ3n) is 2.00. The molecule has 0 aliphatic carbocycles. The molecule has 0 unspecified atom stereocenters. The predicted molar refractivity (Wildman–Crippen MR) is 54.8 cm³/mol. The highest BCUT2D eigenvalue weighted by atomic mass is 16.5. The Hall–Kier alpha value is -0.900. The Morgan fingerprint density at radius 2 is 2.07 bits per heavy atom. The van der Waals surface area contributed by atoms with Crippen molar-refractivity contribution in [1.82, 2.24) is 15.5 Å². The normalized spacial score (nSPS) is 13.5. The molecular weight excluding hydrogens is 178 g/mol. The summed E-state index contributed by atoms with van der Waals surface area (Å²) in [4.78, 5) is 4.12. The Kier molecular flexibility index (Phi) is 4.07. The van der Waals surface area contributed by atoms with Crippen LogP contribution in [-0.2, 0) is 6.54 Å². The summed E-state index contributed by atoms with van der Waals surface area (Å²) in [6.07, 6.45) is 1.16. The molecule has 80 valence electrons. The summed E-state index contributed by atoms with van der Waals surface area (Å²) in [5.41, 5.74) is 0. The molecule has 1 rings (SSSR count). The first kappa shape index (κ1) is 11.2. The third-order valence-corrected chi connectivity index (χ3v) is 2.00. The number of hydrogen-bond acceptors (Lipinski definition) is 4. The van der Waals surface area contributed by atoms with Crippen molar-refractivity contribution in [1.29, 1.82) is 0 Å². The molecule has 4 heteroatoms. The zero-order valence-electron chi connectivity index (χ0n) is 9.37. The molecule has 0 saturated heterocycles. The van der Waals surface area contributed by atoms with Crippen molar-refractivity contribution in [2.75, 3.05) is 0 Å². The minimum atomic E-state index is 0.494. The molecule has 0 aliphatic heterocycles.